The Morgan fingerprint density at radius 3 is 2.26 bits per heavy atom. The summed E-state index contributed by atoms with van der Waals surface area (Å²) in [5.74, 6) is 0.873. The van der Waals surface area contributed by atoms with Gasteiger partial charge in [0.2, 0.25) is 0 Å². The highest BCUT2D eigenvalue weighted by atomic mass is 16.2. The molecule has 1 heterocycles. The van der Waals surface area contributed by atoms with Gasteiger partial charge >= 0.3 is 6.03 Å². The quantitative estimate of drug-likeness (QED) is 0.608. The van der Waals surface area contributed by atoms with Gasteiger partial charge in [-0.2, -0.15) is 0 Å². The fourth-order valence-corrected chi connectivity index (χ4v) is 2.61. The molecule has 3 aromatic rings. The lowest BCUT2D eigenvalue weighted by atomic mass is 10.1. The van der Waals surface area contributed by atoms with Crippen LogP contribution in [0.1, 0.15) is 16.8 Å². The predicted octanol–water partition coefficient (Wildman–Crippen LogP) is 4.39. The molecule has 0 radical (unpaired) electrons. The van der Waals surface area contributed by atoms with Gasteiger partial charge < -0.3 is 16.0 Å². The molecule has 6 heteroatoms. The highest BCUT2D eigenvalue weighted by molar-refractivity contribution is 5.99. The molecule has 0 bridgehead atoms. The molecule has 0 saturated heterocycles. The molecule has 0 saturated carbocycles. The molecule has 6 nitrogen and oxygen atoms in total. The van der Waals surface area contributed by atoms with E-state index in [1.807, 2.05) is 68.4 Å². The Balaban J connectivity index is 1.48. The number of nitrogens with one attached hydrogen (secondary N) is 3. The van der Waals surface area contributed by atoms with Gasteiger partial charge in [-0.25, -0.2) is 14.8 Å². The van der Waals surface area contributed by atoms with Crippen molar-refractivity contribution in [3.8, 4) is 0 Å². The van der Waals surface area contributed by atoms with Crippen LogP contribution in [0.25, 0.3) is 0 Å². The average Bonchev–Trinajstić information content (AvgIpc) is 2.67. The average molecular weight is 361 g/mol. The lowest BCUT2D eigenvalue weighted by Crippen LogP contribution is -2.19. The van der Waals surface area contributed by atoms with Crippen LogP contribution >= 0.6 is 0 Å². The lowest BCUT2D eigenvalue weighted by Gasteiger charge is -2.10. The summed E-state index contributed by atoms with van der Waals surface area (Å²) in [6, 6.07) is 16.9. The number of hydrogen-bond donors (Lipinski definition) is 3. The Morgan fingerprint density at radius 2 is 1.56 bits per heavy atom. The number of para-hydroxylation sites is 1. The van der Waals surface area contributed by atoms with Crippen LogP contribution in [0.2, 0.25) is 0 Å². The maximum absolute atomic E-state index is 12.0. The number of anilines is 3. The van der Waals surface area contributed by atoms with Crippen LogP contribution in [0.5, 0.6) is 0 Å². The van der Waals surface area contributed by atoms with E-state index in [1.54, 1.807) is 6.33 Å². The van der Waals surface area contributed by atoms with Gasteiger partial charge in [0, 0.05) is 29.2 Å². The molecule has 0 spiro atoms. The smallest absolute Gasteiger partial charge is 0.323 e. The standard InChI is InChI=1S/C21H23N5O/c1-15-16(2)23-14-24-20(15)22-13-12-17-8-10-19(11-9-17)26-21(27)25-18-6-4-3-5-7-18/h3-11,14H,12-13H2,1-2H3,(H,22,23,24)(H2,25,26,27). The predicted molar refractivity (Wildman–Crippen MR) is 109 cm³/mol. The van der Waals surface area contributed by atoms with Crippen molar-refractivity contribution in [3.05, 3.63) is 77.7 Å². The SMILES string of the molecule is Cc1ncnc(NCCc2ccc(NC(=O)Nc3ccccc3)cc2)c1C. The lowest BCUT2D eigenvalue weighted by molar-refractivity contribution is 0.262. The van der Waals surface area contributed by atoms with E-state index in [4.69, 9.17) is 0 Å². The molecule has 0 aliphatic heterocycles. The van der Waals surface area contributed by atoms with Gasteiger partial charge in [-0.15, -0.1) is 0 Å². The van der Waals surface area contributed by atoms with Crippen molar-refractivity contribution >= 4 is 23.2 Å². The number of carbonyl (C=O) groups is 1. The van der Waals surface area contributed by atoms with Crippen molar-refractivity contribution in [1.82, 2.24) is 9.97 Å². The van der Waals surface area contributed by atoms with Gasteiger partial charge in [-0.05, 0) is 50.1 Å². The minimum absolute atomic E-state index is 0.259. The molecule has 0 aliphatic rings. The molecule has 2 aromatic carbocycles. The minimum Gasteiger partial charge on any atom is -0.369 e. The molecule has 3 rings (SSSR count). The summed E-state index contributed by atoms with van der Waals surface area (Å²) in [5.41, 5.74) is 4.74. The second kappa shape index (κ2) is 8.80. The van der Waals surface area contributed by atoms with Crippen molar-refractivity contribution in [3.63, 3.8) is 0 Å². The van der Waals surface area contributed by atoms with Crippen LogP contribution in [0.4, 0.5) is 22.0 Å². The van der Waals surface area contributed by atoms with Crippen LogP contribution in [0.15, 0.2) is 60.9 Å². The summed E-state index contributed by atoms with van der Waals surface area (Å²) >= 11 is 0. The van der Waals surface area contributed by atoms with E-state index in [1.165, 1.54) is 5.56 Å². The zero-order valence-electron chi connectivity index (χ0n) is 15.5. The summed E-state index contributed by atoms with van der Waals surface area (Å²) in [7, 11) is 0. The molecule has 138 valence electrons. The molecule has 3 N–H and O–H groups in total. The first-order valence-corrected chi connectivity index (χ1v) is 8.86. The summed E-state index contributed by atoms with van der Waals surface area (Å²) in [5, 5.41) is 8.97. The fraction of sp³-hybridized carbons (Fsp3) is 0.190. The Kier molecular flexibility index (Phi) is 5.99. The van der Waals surface area contributed by atoms with Crippen molar-refractivity contribution < 1.29 is 4.79 Å². The summed E-state index contributed by atoms with van der Waals surface area (Å²) < 4.78 is 0. The molecule has 0 fully saturated rings. The minimum atomic E-state index is -0.259. The first-order chi connectivity index (χ1) is 13.1. The van der Waals surface area contributed by atoms with Crippen molar-refractivity contribution in [1.29, 1.82) is 0 Å². The third-order valence-electron chi connectivity index (χ3n) is 4.29. The molecule has 27 heavy (non-hydrogen) atoms. The van der Waals surface area contributed by atoms with E-state index in [0.717, 1.165) is 41.4 Å². The Bertz CT molecular complexity index is 894. The van der Waals surface area contributed by atoms with Gasteiger partial charge in [-0.3, -0.25) is 0 Å². The molecule has 0 unspecified atom stereocenters. The number of nitrogens with zero attached hydrogens (tertiary/aromatic N) is 2. The molecule has 2 amide bonds. The van der Waals surface area contributed by atoms with E-state index in [9.17, 15) is 4.79 Å². The molecule has 1 aromatic heterocycles. The Hall–Kier alpha value is -3.41. The first kappa shape index (κ1) is 18.4. The zero-order valence-corrected chi connectivity index (χ0v) is 15.5. The largest absolute Gasteiger partial charge is 0.369 e. The second-order valence-corrected chi connectivity index (χ2v) is 6.25. The Morgan fingerprint density at radius 1 is 0.889 bits per heavy atom. The highest BCUT2D eigenvalue weighted by Gasteiger charge is 2.04. The van der Waals surface area contributed by atoms with E-state index in [0.29, 0.717) is 0 Å². The monoisotopic (exact) mass is 361 g/mol. The normalized spacial score (nSPS) is 10.3. The van der Waals surface area contributed by atoms with E-state index in [-0.39, 0.29) is 6.03 Å². The summed E-state index contributed by atoms with van der Waals surface area (Å²) in [6.07, 6.45) is 2.44. The third-order valence-corrected chi connectivity index (χ3v) is 4.29. The topological polar surface area (TPSA) is 78.9 Å². The van der Waals surface area contributed by atoms with Crippen LogP contribution in [0.3, 0.4) is 0 Å². The highest BCUT2D eigenvalue weighted by Crippen LogP contribution is 2.14. The number of rotatable bonds is 6. The van der Waals surface area contributed by atoms with Crippen LogP contribution in [0, 0.1) is 13.8 Å². The number of hydrogen-bond acceptors (Lipinski definition) is 4. The number of aromatic nitrogens is 2. The van der Waals surface area contributed by atoms with Gasteiger partial charge in [0.05, 0.1) is 0 Å². The molecule has 0 aliphatic carbocycles. The zero-order chi connectivity index (χ0) is 19.1. The maximum Gasteiger partial charge on any atom is 0.323 e. The van der Waals surface area contributed by atoms with E-state index < -0.39 is 0 Å². The maximum atomic E-state index is 12.0. The summed E-state index contributed by atoms with van der Waals surface area (Å²) in [4.78, 5) is 20.5. The number of aryl methyl sites for hydroxylation is 1. The number of amides is 2. The van der Waals surface area contributed by atoms with E-state index in [2.05, 4.69) is 25.9 Å². The fourth-order valence-electron chi connectivity index (χ4n) is 2.61. The summed E-state index contributed by atoms with van der Waals surface area (Å²) in [6.45, 7) is 4.76. The molecular weight excluding hydrogens is 338 g/mol. The van der Waals surface area contributed by atoms with Crippen molar-refractivity contribution in [2.45, 2.75) is 20.3 Å². The van der Waals surface area contributed by atoms with Gasteiger partial charge in [0.1, 0.15) is 12.1 Å². The number of benzene rings is 2. The third kappa shape index (κ3) is 5.28. The number of urea groups is 1. The molecular formula is C21H23N5O. The van der Waals surface area contributed by atoms with Crippen molar-refractivity contribution in [2.75, 3.05) is 22.5 Å². The number of carbonyl (C=O) groups excluding carboxylic acids is 1. The van der Waals surface area contributed by atoms with Gasteiger partial charge in [0.25, 0.3) is 0 Å². The first-order valence-electron chi connectivity index (χ1n) is 8.86. The Labute approximate surface area is 159 Å². The van der Waals surface area contributed by atoms with Gasteiger partial charge in [-0.1, -0.05) is 30.3 Å². The van der Waals surface area contributed by atoms with Crippen LogP contribution in [-0.4, -0.2) is 22.5 Å². The second-order valence-electron chi connectivity index (χ2n) is 6.25. The van der Waals surface area contributed by atoms with Gasteiger partial charge in [0.15, 0.2) is 0 Å². The van der Waals surface area contributed by atoms with E-state index >= 15 is 0 Å². The van der Waals surface area contributed by atoms with Crippen molar-refractivity contribution in [2.24, 2.45) is 0 Å². The van der Waals surface area contributed by atoms with Crippen LogP contribution in [-0.2, 0) is 6.42 Å². The molecule has 0 atom stereocenters. The van der Waals surface area contributed by atoms with Crippen LogP contribution < -0.4 is 16.0 Å².